The number of carbonyl (C=O) groups excluding carboxylic acids is 1. The molecule has 1 aliphatic heterocycles. The molecule has 1 fully saturated rings. The highest BCUT2D eigenvalue weighted by atomic mass is 16.5. The largest absolute Gasteiger partial charge is 0.508 e. The number of carbonyl (C=O) groups is 1. The molecule has 0 radical (unpaired) electrons. The second-order valence-corrected chi connectivity index (χ2v) is 5.80. The van der Waals surface area contributed by atoms with E-state index in [1.807, 2.05) is 26.1 Å². The first kappa shape index (κ1) is 15.8. The minimum Gasteiger partial charge on any atom is -0.508 e. The van der Waals surface area contributed by atoms with Crippen molar-refractivity contribution in [1.82, 2.24) is 4.90 Å². The molecule has 0 spiro atoms. The third-order valence-electron chi connectivity index (χ3n) is 4.30. The number of nitrogens with zero attached hydrogens (tertiary/aromatic N) is 1. The van der Waals surface area contributed by atoms with Crippen molar-refractivity contribution in [3.8, 4) is 5.75 Å². The van der Waals surface area contributed by atoms with E-state index in [1.165, 1.54) is 6.42 Å². The minimum absolute atomic E-state index is 0.00498. The van der Waals surface area contributed by atoms with E-state index in [0.29, 0.717) is 6.42 Å². The second-order valence-electron chi connectivity index (χ2n) is 5.80. The SMILES string of the molecule is CC(c1ccc(O)cc1)N(C)C(=O)CCC1CCCCO1. The maximum Gasteiger partial charge on any atom is 0.222 e. The highest BCUT2D eigenvalue weighted by molar-refractivity contribution is 5.76. The van der Waals surface area contributed by atoms with Gasteiger partial charge in [-0.2, -0.15) is 0 Å². The molecule has 0 aromatic heterocycles. The highest BCUT2D eigenvalue weighted by Gasteiger charge is 2.20. The first-order valence-corrected chi connectivity index (χ1v) is 7.74. The van der Waals surface area contributed by atoms with Gasteiger partial charge in [0, 0.05) is 20.1 Å². The van der Waals surface area contributed by atoms with Crippen LogP contribution in [0.3, 0.4) is 0 Å². The average Bonchev–Trinajstić information content (AvgIpc) is 2.53. The van der Waals surface area contributed by atoms with Crippen molar-refractivity contribution in [1.29, 1.82) is 0 Å². The Balaban J connectivity index is 1.84. The summed E-state index contributed by atoms with van der Waals surface area (Å²) in [6.45, 7) is 2.83. The molecular formula is C17H25NO3. The number of amides is 1. The molecule has 4 heteroatoms. The van der Waals surface area contributed by atoms with Gasteiger partial charge in [0.15, 0.2) is 0 Å². The Hall–Kier alpha value is -1.55. The highest BCUT2D eigenvalue weighted by Crippen LogP contribution is 2.23. The number of hydrogen-bond acceptors (Lipinski definition) is 3. The van der Waals surface area contributed by atoms with Gasteiger partial charge in [-0.1, -0.05) is 12.1 Å². The van der Waals surface area contributed by atoms with E-state index < -0.39 is 0 Å². The van der Waals surface area contributed by atoms with Crippen molar-refractivity contribution < 1.29 is 14.6 Å². The van der Waals surface area contributed by atoms with Crippen molar-refractivity contribution in [2.75, 3.05) is 13.7 Å². The van der Waals surface area contributed by atoms with Crippen LogP contribution in [-0.4, -0.2) is 35.7 Å². The van der Waals surface area contributed by atoms with Crippen molar-refractivity contribution in [2.45, 2.75) is 51.2 Å². The van der Waals surface area contributed by atoms with Crippen LogP contribution in [0.2, 0.25) is 0 Å². The molecule has 2 unspecified atom stereocenters. The van der Waals surface area contributed by atoms with Gasteiger partial charge in [0.25, 0.3) is 0 Å². The lowest BCUT2D eigenvalue weighted by Gasteiger charge is -2.27. The fourth-order valence-electron chi connectivity index (χ4n) is 2.69. The Morgan fingerprint density at radius 1 is 1.38 bits per heavy atom. The monoisotopic (exact) mass is 291 g/mol. The summed E-state index contributed by atoms with van der Waals surface area (Å²) in [7, 11) is 1.83. The van der Waals surface area contributed by atoms with Crippen molar-refractivity contribution >= 4 is 5.91 Å². The smallest absolute Gasteiger partial charge is 0.222 e. The van der Waals surface area contributed by atoms with Crippen LogP contribution in [0.1, 0.15) is 50.6 Å². The molecule has 1 heterocycles. The second kappa shape index (κ2) is 7.46. The summed E-state index contributed by atoms with van der Waals surface area (Å²) in [5.74, 6) is 0.388. The lowest BCUT2D eigenvalue weighted by atomic mass is 10.0. The molecule has 21 heavy (non-hydrogen) atoms. The lowest BCUT2D eigenvalue weighted by Crippen LogP contribution is -2.31. The zero-order valence-electron chi connectivity index (χ0n) is 12.9. The van der Waals surface area contributed by atoms with E-state index in [-0.39, 0.29) is 23.8 Å². The Morgan fingerprint density at radius 3 is 2.71 bits per heavy atom. The zero-order chi connectivity index (χ0) is 15.2. The third-order valence-corrected chi connectivity index (χ3v) is 4.30. The Kier molecular flexibility index (Phi) is 5.62. The van der Waals surface area contributed by atoms with Gasteiger partial charge < -0.3 is 14.7 Å². The summed E-state index contributed by atoms with van der Waals surface area (Å²) in [4.78, 5) is 14.1. The summed E-state index contributed by atoms with van der Waals surface area (Å²) in [6, 6.07) is 7.02. The maximum absolute atomic E-state index is 12.3. The first-order chi connectivity index (χ1) is 10.1. The van der Waals surface area contributed by atoms with Crippen molar-refractivity contribution in [3.05, 3.63) is 29.8 Å². The van der Waals surface area contributed by atoms with Crippen molar-refractivity contribution in [2.24, 2.45) is 0 Å². The van der Waals surface area contributed by atoms with E-state index in [4.69, 9.17) is 4.74 Å². The normalized spacial score (nSPS) is 20.0. The Morgan fingerprint density at radius 2 is 2.10 bits per heavy atom. The molecule has 0 aliphatic carbocycles. The predicted molar refractivity (Wildman–Crippen MR) is 82.1 cm³/mol. The molecule has 1 saturated heterocycles. The van der Waals surface area contributed by atoms with Gasteiger partial charge in [-0.3, -0.25) is 4.79 Å². The van der Waals surface area contributed by atoms with E-state index in [9.17, 15) is 9.90 Å². The molecule has 1 amide bonds. The van der Waals surface area contributed by atoms with E-state index in [1.54, 1.807) is 17.0 Å². The summed E-state index contributed by atoms with van der Waals surface area (Å²) in [5.41, 5.74) is 1.03. The van der Waals surface area contributed by atoms with Crippen LogP contribution in [0.4, 0.5) is 0 Å². The summed E-state index contributed by atoms with van der Waals surface area (Å²) < 4.78 is 5.67. The zero-order valence-corrected chi connectivity index (χ0v) is 12.9. The topological polar surface area (TPSA) is 49.8 Å². The Bertz CT molecular complexity index is 452. The van der Waals surface area contributed by atoms with Crippen LogP contribution in [0.25, 0.3) is 0 Å². The first-order valence-electron chi connectivity index (χ1n) is 7.74. The molecule has 1 aromatic carbocycles. The van der Waals surface area contributed by atoms with Gasteiger partial charge in [0.05, 0.1) is 12.1 Å². The van der Waals surface area contributed by atoms with Crippen LogP contribution < -0.4 is 0 Å². The molecule has 2 rings (SSSR count). The van der Waals surface area contributed by atoms with Gasteiger partial charge in [-0.15, -0.1) is 0 Å². The lowest BCUT2D eigenvalue weighted by molar-refractivity contribution is -0.132. The van der Waals surface area contributed by atoms with Gasteiger partial charge in [0.2, 0.25) is 5.91 Å². The van der Waals surface area contributed by atoms with Crippen LogP contribution in [0, 0.1) is 0 Å². The van der Waals surface area contributed by atoms with Gasteiger partial charge in [-0.05, 0) is 50.3 Å². The maximum atomic E-state index is 12.3. The van der Waals surface area contributed by atoms with Gasteiger partial charge in [-0.25, -0.2) is 0 Å². The fraction of sp³-hybridized carbons (Fsp3) is 0.588. The molecule has 116 valence electrons. The van der Waals surface area contributed by atoms with Gasteiger partial charge >= 0.3 is 0 Å². The molecule has 1 aromatic rings. The van der Waals surface area contributed by atoms with Crippen LogP contribution in [0.15, 0.2) is 24.3 Å². The number of benzene rings is 1. The summed E-state index contributed by atoms with van der Waals surface area (Å²) in [6.07, 6.45) is 5.01. The van der Waals surface area contributed by atoms with E-state index in [0.717, 1.165) is 31.4 Å². The molecule has 0 bridgehead atoms. The van der Waals surface area contributed by atoms with E-state index >= 15 is 0 Å². The number of aromatic hydroxyl groups is 1. The molecular weight excluding hydrogens is 266 g/mol. The quantitative estimate of drug-likeness (QED) is 0.906. The third kappa shape index (κ3) is 4.46. The van der Waals surface area contributed by atoms with Gasteiger partial charge in [0.1, 0.15) is 5.75 Å². The number of rotatable bonds is 5. The number of hydrogen-bond donors (Lipinski definition) is 1. The molecule has 1 N–H and O–H groups in total. The standard InChI is InChI=1S/C17H25NO3/c1-13(14-6-8-15(19)9-7-14)18(2)17(20)11-10-16-5-3-4-12-21-16/h6-9,13,16,19H,3-5,10-12H2,1-2H3. The molecule has 2 atom stereocenters. The molecule has 1 aliphatic rings. The summed E-state index contributed by atoms with van der Waals surface area (Å²) in [5, 5.41) is 9.32. The Labute approximate surface area is 126 Å². The van der Waals surface area contributed by atoms with Crippen LogP contribution >= 0.6 is 0 Å². The van der Waals surface area contributed by atoms with Crippen LogP contribution in [0.5, 0.6) is 5.75 Å². The predicted octanol–water partition coefficient (Wildman–Crippen LogP) is 3.26. The van der Waals surface area contributed by atoms with Crippen molar-refractivity contribution in [3.63, 3.8) is 0 Å². The minimum atomic E-state index is 0.00498. The molecule has 0 saturated carbocycles. The number of phenols is 1. The number of ether oxygens (including phenoxy) is 1. The molecule has 4 nitrogen and oxygen atoms in total. The van der Waals surface area contributed by atoms with E-state index in [2.05, 4.69) is 0 Å². The van der Waals surface area contributed by atoms with Crippen LogP contribution in [-0.2, 0) is 9.53 Å². The average molecular weight is 291 g/mol. The number of phenolic OH excluding ortho intramolecular Hbond substituents is 1. The summed E-state index contributed by atoms with van der Waals surface area (Å²) >= 11 is 0. The fourth-order valence-corrected chi connectivity index (χ4v) is 2.69.